The summed E-state index contributed by atoms with van der Waals surface area (Å²) in [5.74, 6) is -0.417. The lowest BCUT2D eigenvalue weighted by Gasteiger charge is -2.24. The number of carbonyl (C=O) groups is 2. The first kappa shape index (κ1) is 27.0. The first-order chi connectivity index (χ1) is 18.3. The Balaban J connectivity index is 1.57. The van der Waals surface area contributed by atoms with Crippen LogP contribution in [0.5, 0.6) is 0 Å². The SMILES string of the molecule is CSc1ccc(S(=O)(=O)N(CC(=O)Nc2ccccc2C(=O)NCc2ccco2)c2ccc(C)cc2)cc1. The van der Waals surface area contributed by atoms with Crippen molar-refractivity contribution in [2.75, 3.05) is 22.4 Å². The maximum absolute atomic E-state index is 13.6. The Morgan fingerprint density at radius 1 is 0.921 bits per heavy atom. The number of rotatable bonds is 10. The zero-order chi connectivity index (χ0) is 27.1. The van der Waals surface area contributed by atoms with Crippen molar-refractivity contribution in [3.8, 4) is 0 Å². The van der Waals surface area contributed by atoms with Crippen LogP contribution in [-0.2, 0) is 21.4 Å². The lowest BCUT2D eigenvalue weighted by molar-refractivity contribution is -0.114. The van der Waals surface area contributed by atoms with E-state index in [1.165, 1.54) is 30.2 Å². The van der Waals surface area contributed by atoms with Gasteiger partial charge in [-0.1, -0.05) is 29.8 Å². The summed E-state index contributed by atoms with van der Waals surface area (Å²) >= 11 is 1.50. The highest BCUT2D eigenvalue weighted by Crippen LogP contribution is 2.26. The topological polar surface area (TPSA) is 109 Å². The third kappa shape index (κ3) is 6.45. The molecule has 0 saturated heterocycles. The molecule has 196 valence electrons. The van der Waals surface area contributed by atoms with Crippen molar-refractivity contribution in [3.63, 3.8) is 0 Å². The molecule has 0 radical (unpaired) electrons. The van der Waals surface area contributed by atoms with Crippen molar-refractivity contribution in [3.05, 3.63) is 108 Å². The average Bonchev–Trinajstić information content (AvgIpc) is 3.45. The van der Waals surface area contributed by atoms with Gasteiger partial charge in [0.2, 0.25) is 5.91 Å². The van der Waals surface area contributed by atoms with E-state index in [9.17, 15) is 18.0 Å². The smallest absolute Gasteiger partial charge is 0.264 e. The number of aryl methyl sites for hydroxylation is 1. The molecule has 0 aliphatic rings. The molecule has 0 unspecified atom stereocenters. The summed E-state index contributed by atoms with van der Waals surface area (Å²) in [6.45, 7) is 1.59. The molecule has 0 saturated carbocycles. The Hall–Kier alpha value is -4.02. The number of hydrogen-bond acceptors (Lipinski definition) is 6. The summed E-state index contributed by atoms with van der Waals surface area (Å²) in [6, 6.07) is 23.4. The third-order valence-electron chi connectivity index (χ3n) is 5.71. The van der Waals surface area contributed by atoms with Crippen LogP contribution in [0.3, 0.4) is 0 Å². The first-order valence-electron chi connectivity index (χ1n) is 11.7. The van der Waals surface area contributed by atoms with Gasteiger partial charge in [-0.05, 0) is 73.8 Å². The lowest BCUT2D eigenvalue weighted by atomic mass is 10.1. The van der Waals surface area contributed by atoms with E-state index in [0.29, 0.717) is 11.4 Å². The number of para-hydroxylation sites is 1. The van der Waals surface area contributed by atoms with Gasteiger partial charge in [0.1, 0.15) is 12.3 Å². The van der Waals surface area contributed by atoms with Gasteiger partial charge in [-0.25, -0.2) is 8.42 Å². The fourth-order valence-electron chi connectivity index (χ4n) is 3.69. The molecular weight excluding hydrogens is 522 g/mol. The normalized spacial score (nSPS) is 11.1. The van der Waals surface area contributed by atoms with Crippen LogP contribution in [0.15, 0.2) is 105 Å². The number of sulfonamides is 1. The van der Waals surface area contributed by atoms with Crippen molar-refractivity contribution in [2.24, 2.45) is 0 Å². The molecule has 0 fully saturated rings. The molecule has 38 heavy (non-hydrogen) atoms. The molecule has 0 aliphatic heterocycles. The Morgan fingerprint density at radius 3 is 2.29 bits per heavy atom. The summed E-state index contributed by atoms with van der Waals surface area (Å²) in [7, 11) is -4.07. The van der Waals surface area contributed by atoms with Gasteiger partial charge in [0.15, 0.2) is 0 Å². The van der Waals surface area contributed by atoms with Crippen LogP contribution in [0.2, 0.25) is 0 Å². The largest absolute Gasteiger partial charge is 0.467 e. The molecule has 0 atom stereocenters. The molecule has 1 heterocycles. The van der Waals surface area contributed by atoms with Gasteiger partial charge in [0.25, 0.3) is 15.9 Å². The number of nitrogens with zero attached hydrogens (tertiary/aromatic N) is 1. The number of thioether (sulfide) groups is 1. The van der Waals surface area contributed by atoms with Crippen molar-refractivity contribution < 1.29 is 22.4 Å². The fraction of sp³-hybridized carbons (Fsp3) is 0.143. The van der Waals surface area contributed by atoms with Crippen LogP contribution < -0.4 is 14.9 Å². The lowest BCUT2D eigenvalue weighted by Crippen LogP contribution is -2.38. The minimum atomic E-state index is -4.07. The number of anilines is 2. The van der Waals surface area contributed by atoms with Crippen LogP contribution in [0.4, 0.5) is 11.4 Å². The molecular formula is C28H27N3O5S2. The van der Waals surface area contributed by atoms with Gasteiger partial charge in [0, 0.05) is 4.90 Å². The van der Waals surface area contributed by atoms with Crippen LogP contribution in [0.25, 0.3) is 0 Å². The molecule has 0 aliphatic carbocycles. The van der Waals surface area contributed by atoms with Crippen molar-refractivity contribution >= 4 is 45.0 Å². The Labute approximate surface area is 226 Å². The highest BCUT2D eigenvalue weighted by Gasteiger charge is 2.28. The van der Waals surface area contributed by atoms with Gasteiger partial charge in [0.05, 0.1) is 34.6 Å². The molecule has 0 bridgehead atoms. The van der Waals surface area contributed by atoms with Crippen molar-refractivity contribution in [2.45, 2.75) is 23.3 Å². The summed E-state index contributed by atoms with van der Waals surface area (Å²) < 4.78 is 33.6. The molecule has 2 N–H and O–H groups in total. The monoisotopic (exact) mass is 549 g/mol. The number of hydrogen-bond donors (Lipinski definition) is 2. The Kier molecular flexibility index (Phi) is 8.55. The Bertz CT molecular complexity index is 1500. The molecule has 3 aromatic carbocycles. The van der Waals surface area contributed by atoms with E-state index >= 15 is 0 Å². The molecule has 10 heteroatoms. The van der Waals surface area contributed by atoms with Gasteiger partial charge in [-0.3, -0.25) is 13.9 Å². The van der Waals surface area contributed by atoms with Gasteiger partial charge < -0.3 is 15.1 Å². The summed E-state index contributed by atoms with van der Waals surface area (Å²) in [5, 5.41) is 5.46. The number of benzene rings is 3. The second-order valence-electron chi connectivity index (χ2n) is 8.38. The summed E-state index contributed by atoms with van der Waals surface area (Å²) in [6.07, 6.45) is 3.42. The van der Waals surface area contributed by atoms with E-state index in [-0.39, 0.29) is 22.7 Å². The second kappa shape index (κ2) is 12.0. The number of amides is 2. The van der Waals surface area contributed by atoms with E-state index in [1.807, 2.05) is 13.2 Å². The quantitative estimate of drug-likeness (QED) is 0.267. The molecule has 4 rings (SSSR count). The van der Waals surface area contributed by atoms with E-state index in [1.54, 1.807) is 72.8 Å². The highest BCUT2D eigenvalue weighted by atomic mass is 32.2. The molecule has 2 amide bonds. The van der Waals surface area contributed by atoms with Crippen molar-refractivity contribution in [1.82, 2.24) is 5.32 Å². The maximum atomic E-state index is 13.6. The number of nitrogens with one attached hydrogen (secondary N) is 2. The van der Waals surface area contributed by atoms with Crippen LogP contribution in [-0.4, -0.2) is 33.0 Å². The molecule has 8 nitrogen and oxygen atoms in total. The molecule has 4 aromatic rings. The number of furan rings is 1. The minimum absolute atomic E-state index is 0.0707. The van der Waals surface area contributed by atoms with Gasteiger partial charge in [-0.15, -0.1) is 11.8 Å². The predicted octanol–water partition coefficient (Wildman–Crippen LogP) is 5.07. The van der Waals surface area contributed by atoms with Gasteiger partial charge >= 0.3 is 0 Å². The van der Waals surface area contributed by atoms with E-state index < -0.39 is 28.4 Å². The van der Waals surface area contributed by atoms with Gasteiger partial charge in [-0.2, -0.15) is 0 Å². The Morgan fingerprint density at radius 2 is 1.63 bits per heavy atom. The maximum Gasteiger partial charge on any atom is 0.264 e. The highest BCUT2D eigenvalue weighted by molar-refractivity contribution is 7.98. The third-order valence-corrected chi connectivity index (χ3v) is 8.24. The van der Waals surface area contributed by atoms with Crippen LogP contribution in [0.1, 0.15) is 21.7 Å². The predicted molar refractivity (Wildman–Crippen MR) is 149 cm³/mol. The standard InChI is InChI=1S/C28H27N3O5S2/c1-20-9-11-21(12-10-20)31(38(34,35)24-15-13-23(37-2)14-16-24)19-27(32)30-26-8-4-3-7-25(26)28(33)29-18-22-6-5-17-36-22/h3-17H,18-19H2,1-2H3,(H,29,33)(H,30,32). The summed E-state index contributed by atoms with van der Waals surface area (Å²) in [5.41, 5.74) is 1.81. The molecule has 1 aromatic heterocycles. The van der Waals surface area contributed by atoms with Crippen LogP contribution in [0, 0.1) is 6.92 Å². The first-order valence-corrected chi connectivity index (χ1v) is 14.4. The van der Waals surface area contributed by atoms with E-state index in [4.69, 9.17) is 4.42 Å². The van der Waals surface area contributed by atoms with Crippen molar-refractivity contribution in [1.29, 1.82) is 0 Å². The van der Waals surface area contributed by atoms with E-state index in [0.717, 1.165) is 14.8 Å². The molecule has 0 spiro atoms. The van der Waals surface area contributed by atoms with Crippen LogP contribution >= 0.6 is 11.8 Å². The van der Waals surface area contributed by atoms with E-state index in [2.05, 4.69) is 10.6 Å². The average molecular weight is 550 g/mol. The number of carbonyl (C=O) groups excluding carboxylic acids is 2. The zero-order valence-corrected chi connectivity index (χ0v) is 22.5. The fourth-order valence-corrected chi connectivity index (χ4v) is 5.52. The minimum Gasteiger partial charge on any atom is -0.467 e. The summed E-state index contributed by atoms with van der Waals surface area (Å²) in [4.78, 5) is 27.0. The zero-order valence-electron chi connectivity index (χ0n) is 20.9. The second-order valence-corrected chi connectivity index (χ2v) is 11.1.